The Morgan fingerprint density at radius 2 is 1.67 bits per heavy atom. The van der Waals surface area contributed by atoms with E-state index in [2.05, 4.69) is 31.8 Å². The van der Waals surface area contributed by atoms with Gasteiger partial charge in [-0.1, -0.05) is 40.5 Å². The van der Waals surface area contributed by atoms with Crippen molar-refractivity contribution in [2.75, 3.05) is 13.2 Å². The van der Waals surface area contributed by atoms with Crippen LogP contribution >= 0.6 is 15.9 Å². The Morgan fingerprint density at radius 1 is 0.972 bits per heavy atom. The van der Waals surface area contributed by atoms with Gasteiger partial charge in [-0.25, -0.2) is 10.2 Å². The Hall–Kier alpha value is -3.98. The minimum Gasteiger partial charge on any atom is -0.494 e. The summed E-state index contributed by atoms with van der Waals surface area (Å²) in [6.45, 7) is 4.29. The number of esters is 1. The highest BCUT2D eigenvalue weighted by molar-refractivity contribution is 9.10. The van der Waals surface area contributed by atoms with E-state index in [0.717, 1.165) is 16.5 Å². The Labute approximate surface area is 217 Å². The van der Waals surface area contributed by atoms with Gasteiger partial charge in [0.25, 0.3) is 11.8 Å². The van der Waals surface area contributed by atoms with Crippen LogP contribution in [0.3, 0.4) is 0 Å². The molecule has 0 aliphatic rings. The molecule has 186 valence electrons. The van der Waals surface area contributed by atoms with E-state index >= 15 is 0 Å². The van der Waals surface area contributed by atoms with Crippen molar-refractivity contribution in [2.45, 2.75) is 20.3 Å². The number of aryl methyl sites for hydroxylation is 1. The zero-order chi connectivity index (χ0) is 25.9. The van der Waals surface area contributed by atoms with E-state index in [-0.39, 0.29) is 18.2 Å². The minimum absolute atomic E-state index is 0.248. The first-order chi connectivity index (χ1) is 17.4. The summed E-state index contributed by atoms with van der Waals surface area (Å²) in [5.41, 5.74) is 4.67. The first-order valence-electron chi connectivity index (χ1n) is 11.3. The largest absolute Gasteiger partial charge is 0.494 e. The van der Waals surface area contributed by atoms with E-state index in [1.54, 1.807) is 54.6 Å². The molecular formula is C27H26BrN3O5. The van der Waals surface area contributed by atoms with Crippen LogP contribution in [0.2, 0.25) is 0 Å². The molecule has 0 spiro atoms. The highest BCUT2D eigenvalue weighted by Crippen LogP contribution is 2.23. The molecule has 2 amide bonds. The summed E-state index contributed by atoms with van der Waals surface area (Å²) in [4.78, 5) is 36.8. The van der Waals surface area contributed by atoms with Crippen molar-refractivity contribution < 1.29 is 23.9 Å². The summed E-state index contributed by atoms with van der Waals surface area (Å²) in [6, 6.07) is 18.7. The van der Waals surface area contributed by atoms with Gasteiger partial charge in [0.2, 0.25) is 0 Å². The lowest BCUT2D eigenvalue weighted by atomic mass is 10.1. The monoisotopic (exact) mass is 551 g/mol. The number of hydrogen-bond acceptors (Lipinski definition) is 6. The molecule has 8 nitrogen and oxygen atoms in total. The topological polar surface area (TPSA) is 106 Å². The van der Waals surface area contributed by atoms with Gasteiger partial charge < -0.3 is 14.8 Å². The maximum absolute atomic E-state index is 12.6. The summed E-state index contributed by atoms with van der Waals surface area (Å²) < 4.78 is 11.8. The van der Waals surface area contributed by atoms with Crippen LogP contribution in [0.5, 0.6) is 11.5 Å². The lowest BCUT2D eigenvalue weighted by Gasteiger charge is -2.09. The number of ether oxygens (including phenoxy) is 2. The average Bonchev–Trinajstić information content (AvgIpc) is 2.88. The van der Waals surface area contributed by atoms with Crippen molar-refractivity contribution in [2.24, 2.45) is 5.10 Å². The molecule has 0 atom stereocenters. The molecule has 0 aromatic heterocycles. The summed E-state index contributed by atoms with van der Waals surface area (Å²) >= 11 is 3.37. The second-order valence-electron chi connectivity index (χ2n) is 7.79. The third kappa shape index (κ3) is 8.06. The van der Waals surface area contributed by atoms with Crippen molar-refractivity contribution in [1.29, 1.82) is 0 Å². The lowest BCUT2D eigenvalue weighted by Crippen LogP contribution is -2.34. The maximum atomic E-state index is 12.6. The Balaban J connectivity index is 1.57. The molecule has 0 unspecified atom stereocenters. The number of nitrogens with zero attached hydrogens (tertiary/aromatic N) is 1. The molecule has 2 N–H and O–H groups in total. The average molecular weight is 552 g/mol. The van der Waals surface area contributed by atoms with E-state index in [1.165, 1.54) is 6.21 Å². The van der Waals surface area contributed by atoms with Gasteiger partial charge in [-0.2, -0.15) is 5.10 Å². The zero-order valence-electron chi connectivity index (χ0n) is 19.9. The van der Waals surface area contributed by atoms with Crippen molar-refractivity contribution in [3.63, 3.8) is 0 Å². The molecule has 0 saturated heterocycles. The van der Waals surface area contributed by atoms with Crippen molar-refractivity contribution in [3.8, 4) is 11.5 Å². The van der Waals surface area contributed by atoms with Crippen LogP contribution < -0.4 is 20.2 Å². The predicted molar refractivity (Wildman–Crippen MR) is 141 cm³/mol. The van der Waals surface area contributed by atoms with Gasteiger partial charge in [-0.15, -0.1) is 0 Å². The van der Waals surface area contributed by atoms with Crippen LogP contribution in [0.4, 0.5) is 0 Å². The zero-order valence-corrected chi connectivity index (χ0v) is 21.5. The van der Waals surface area contributed by atoms with Gasteiger partial charge in [0.05, 0.1) is 24.9 Å². The first-order valence-corrected chi connectivity index (χ1v) is 12.1. The summed E-state index contributed by atoms with van der Waals surface area (Å²) in [5.74, 6) is -0.473. The molecule has 3 rings (SSSR count). The fourth-order valence-electron chi connectivity index (χ4n) is 2.96. The fourth-order valence-corrected chi connectivity index (χ4v) is 3.34. The van der Waals surface area contributed by atoms with Crippen molar-refractivity contribution in [1.82, 2.24) is 10.7 Å². The number of nitrogens with one attached hydrogen (secondary N) is 2. The Morgan fingerprint density at radius 3 is 2.36 bits per heavy atom. The highest BCUT2D eigenvalue weighted by atomic mass is 79.9. The summed E-state index contributed by atoms with van der Waals surface area (Å²) in [5, 5.41) is 6.46. The van der Waals surface area contributed by atoms with Crippen LogP contribution in [-0.4, -0.2) is 37.1 Å². The second kappa shape index (κ2) is 13.2. The number of halogens is 1. The van der Waals surface area contributed by atoms with Gasteiger partial charge in [0.1, 0.15) is 11.5 Å². The third-order valence-electron chi connectivity index (χ3n) is 4.85. The molecular weight excluding hydrogens is 526 g/mol. The molecule has 0 saturated carbocycles. The number of rotatable bonds is 10. The third-order valence-corrected chi connectivity index (χ3v) is 5.35. The number of hydrogen-bond donors (Lipinski definition) is 2. The van der Waals surface area contributed by atoms with Crippen LogP contribution in [0.1, 0.15) is 45.2 Å². The molecule has 0 fully saturated rings. The van der Waals surface area contributed by atoms with Gasteiger partial charge >= 0.3 is 5.97 Å². The Bertz CT molecular complexity index is 1240. The standard InChI is InChI=1S/C27H26BrN3O5/c1-3-14-35-23-11-8-20(9-12-23)27(34)36-24-13-10-22(28)15-21(24)16-30-31-25(32)17-29-26(33)19-6-4-18(2)5-7-19/h4-13,15-16H,3,14,17H2,1-2H3,(H,29,33)(H,31,32)/b30-16-. The molecule has 0 aliphatic heterocycles. The van der Waals surface area contributed by atoms with E-state index in [4.69, 9.17) is 9.47 Å². The van der Waals surface area contributed by atoms with Crippen LogP contribution in [0.15, 0.2) is 76.3 Å². The van der Waals surface area contributed by atoms with Crippen LogP contribution in [-0.2, 0) is 4.79 Å². The molecule has 36 heavy (non-hydrogen) atoms. The van der Waals surface area contributed by atoms with Gasteiger partial charge in [-0.3, -0.25) is 9.59 Å². The molecule has 0 bridgehead atoms. The van der Waals surface area contributed by atoms with Gasteiger partial charge in [0, 0.05) is 15.6 Å². The predicted octanol–water partition coefficient (Wildman–Crippen LogP) is 4.65. The van der Waals surface area contributed by atoms with Gasteiger partial charge in [-0.05, 0) is 67.9 Å². The molecule has 3 aromatic rings. The van der Waals surface area contributed by atoms with Crippen LogP contribution in [0.25, 0.3) is 0 Å². The van der Waals surface area contributed by atoms with E-state index in [0.29, 0.717) is 29.0 Å². The van der Waals surface area contributed by atoms with Crippen molar-refractivity contribution >= 4 is 39.9 Å². The highest BCUT2D eigenvalue weighted by Gasteiger charge is 2.12. The quantitative estimate of drug-likeness (QED) is 0.165. The van der Waals surface area contributed by atoms with Crippen molar-refractivity contribution in [3.05, 3.63) is 93.5 Å². The smallest absolute Gasteiger partial charge is 0.343 e. The molecule has 0 aliphatic carbocycles. The van der Waals surface area contributed by atoms with E-state index < -0.39 is 11.9 Å². The first kappa shape index (κ1) is 26.6. The number of amides is 2. The van der Waals surface area contributed by atoms with E-state index in [1.807, 2.05) is 26.0 Å². The molecule has 9 heteroatoms. The second-order valence-corrected chi connectivity index (χ2v) is 8.70. The number of carbonyl (C=O) groups excluding carboxylic acids is 3. The molecule has 3 aromatic carbocycles. The fraction of sp³-hybridized carbons (Fsp3) is 0.185. The van der Waals surface area contributed by atoms with E-state index in [9.17, 15) is 14.4 Å². The van der Waals surface area contributed by atoms with Gasteiger partial charge in [0.15, 0.2) is 0 Å². The number of hydrazone groups is 1. The molecule has 0 radical (unpaired) electrons. The Kier molecular flexibility index (Phi) is 9.76. The minimum atomic E-state index is -0.545. The summed E-state index contributed by atoms with van der Waals surface area (Å²) in [7, 11) is 0. The number of benzene rings is 3. The molecule has 0 heterocycles. The lowest BCUT2D eigenvalue weighted by molar-refractivity contribution is -0.120. The maximum Gasteiger partial charge on any atom is 0.343 e. The van der Waals surface area contributed by atoms with Crippen LogP contribution in [0, 0.1) is 6.92 Å². The summed E-state index contributed by atoms with van der Waals surface area (Å²) in [6.07, 6.45) is 2.25. The SMILES string of the molecule is CCCOc1ccc(C(=O)Oc2ccc(Br)cc2/C=N\NC(=O)CNC(=O)c2ccc(C)cc2)cc1. The normalized spacial score (nSPS) is 10.6. The number of carbonyl (C=O) groups is 3.